The molecule has 2 amide bonds. The van der Waals surface area contributed by atoms with Gasteiger partial charge in [-0.05, 0) is 72.9 Å². The fourth-order valence-electron chi connectivity index (χ4n) is 4.81. The van der Waals surface area contributed by atoms with E-state index in [1.54, 1.807) is 25.3 Å². The molecule has 5 rings (SSSR count). The highest BCUT2D eigenvalue weighted by Crippen LogP contribution is 2.32. The van der Waals surface area contributed by atoms with Gasteiger partial charge in [0.15, 0.2) is 0 Å². The number of fused-ring (bicyclic) bond motifs is 1. The number of aryl methyl sites for hydroxylation is 1. The Morgan fingerprint density at radius 3 is 2.59 bits per heavy atom. The molecule has 1 aliphatic heterocycles. The van der Waals surface area contributed by atoms with Crippen molar-refractivity contribution in [1.29, 1.82) is 0 Å². The van der Waals surface area contributed by atoms with Crippen LogP contribution in [-0.2, 0) is 16.0 Å². The van der Waals surface area contributed by atoms with E-state index in [2.05, 4.69) is 21.7 Å². The van der Waals surface area contributed by atoms with Crippen LogP contribution in [0.4, 0.5) is 5.69 Å². The number of H-pyrrole nitrogens is 1. The SMILES string of the molecule is COc1ccc(-c2[nH]c3ccccc3c2CCC(=O)Nc2ccccc2C(=O)NCC2CCCO2)cc1. The Morgan fingerprint density at radius 1 is 1.03 bits per heavy atom. The highest BCUT2D eigenvalue weighted by atomic mass is 16.5. The van der Waals surface area contributed by atoms with Crippen LogP contribution in [0.15, 0.2) is 72.8 Å². The first-order valence-corrected chi connectivity index (χ1v) is 12.6. The molecule has 7 nitrogen and oxygen atoms in total. The quantitative estimate of drug-likeness (QED) is 0.292. The lowest BCUT2D eigenvalue weighted by Crippen LogP contribution is -2.32. The van der Waals surface area contributed by atoms with E-state index in [-0.39, 0.29) is 24.3 Å². The number of amides is 2. The van der Waals surface area contributed by atoms with Crippen LogP contribution < -0.4 is 15.4 Å². The number of hydrogen-bond donors (Lipinski definition) is 3. The van der Waals surface area contributed by atoms with Crippen molar-refractivity contribution < 1.29 is 19.1 Å². The van der Waals surface area contributed by atoms with Gasteiger partial charge in [-0.25, -0.2) is 0 Å². The number of methoxy groups -OCH3 is 1. The molecule has 3 aromatic carbocycles. The second-order valence-electron chi connectivity index (χ2n) is 9.19. The van der Waals surface area contributed by atoms with E-state index < -0.39 is 0 Å². The summed E-state index contributed by atoms with van der Waals surface area (Å²) in [4.78, 5) is 29.4. The molecule has 0 bridgehead atoms. The van der Waals surface area contributed by atoms with Crippen molar-refractivity contribution in [2.24, 2.45) is 0 Å². The largest absolute Gasteiger partial charge is 0.497 e. The fraction of sp³-hybridized carbons (Fsp3) is 0.267. The van der Waals surface area contributed by atoms with Gasteiger partial charge in [0.2, 0.25) is 5.91 Å². The molecule has 4 aromatic rings. The fourth-order valence-corrected chi connectivity index (χ4v) is 4.81. The second kappa shape index (κ2) is 11.3. The summed E-state index contributed by atoms with van der Waals surface area (Å²) in [7, 11) is 1.65. The van der Waals surface area contributed by atoms with Gasteiger partial charge in [-0.3, -0.25) is 9.59 Å². The third-order valence-electron chi connectivity index (χ3n) is 6.75. The molecule has 7 heteroatoms. The van der Waals surface area contributed by atoms with Gasteiger partial charge < -0.3 is 25.1 Å². The molecule has 3 N–H and O–H groups in total. The van der Waals surface area contributed by atoms with Crippen LogP contribution in [0.5, 0.6) is 5.75 Å². The topological polar surface area (TPSA) is 92.5 Å². The normalized spacial score (nSPS) is 15.0. The van der Waals surface area contributed by atoms with E-state index in [4.69, 9.17) is 9.47 Å². The average molecular weight is 498 g/mol. The molecule has 1 atom stereocenters. The van der Waals surface area contributed by atoms with Crippen LogP contribution in [0.2, 0.25) is 0 Å². The number of nitrogens with one attached hydrogen (secondary N) is 3. The van der Waals surface area contributed by atoms with Gasteiger partial charge in [-0.1, -0.05) is 30.3 Å². The van der Waals surface area contributed by atoms with Crippen molar-refractivity contribution in [1.82, 2.24) is 10.3 Å². The van der Waals surface area contributed by atoms with Crippen molar-refractivity contribution in [3.05, 3.63) is 83.9 Å². The van der Waals surface area contributed by atoms with Crippen LogP contribution in [0, 0.1) is 0 Å². The van der Waals surface area contributed by atoms with E-state index in [0.717, 1.165) is 52.9 Å². The minimum Gasteiger partial charge on any atom is -0.497 e. The van der Waals surface area contributed by atoms with Crippen molar-refractivity contribution in [3.8, 4) is 17.0 Å². The number of aromatic amines is 1. The first-order valence-electron chi connectivity index (χ1n) is 12.6. The van der Waals surface area contributed by atoms with Crippen LogP contribution >= 0.6 is 0 Å². The number of carbonyl (C=O) groups excluding carboxylic acids is 2. The molecule has 37 heavy (non-hydrogen) atoms. The molecule has 1 fully saturated rings. The number of para-hydroxylation sites is 2. The lowest BCUT2D eigenvalue weighted by Gasteiger charge is -2.14. The maximum Gasteiger partial charge on any atom is 0.253 e. The van der Waals surface area contributed by atoms with Crippen LogP contribution in [-0.4, -0.2) is 43.2 Å². The predicted molar refractivity (Wildman–Crippen MR) is 145 cm³/mol. The monoisotopic (exact) mass is 497 g/mol. The van der Waals surface area contributed by atoms with Crippen LogP contribution in [0.1, 0.15) is 35.2 Å². The maximum atomic E-state index is 13.0. The van der Waals surface area contributed by atoms with E-state index in [0.29, 0.717) is 24.2 Å². The highest BCUT2D eigenvalue weighted by molar-refractivity contribution is 6.04. The molecular weight excluding hydrogens is 466 g/mol. The summed E-state index contributed by atoms with van der Waals surface area (Å²) in [6.45, 7) is 1.21. The molecule has 1 aromatic heterocycles. The lowest BCUT2D eigenvalue weighted by atomic mass is 10.0. The number of hydrogen-bond acceptors (Lipinski definition) is 4. The molecule has 2 heterocycles. The van der Waals surface area contributed by atoms with Gasteiger partial charge in [0.1, 0.15) is 5.75 Å². The molecule has 1 saturated heterocycles. The van der Waals surface area contributed by atoms with Crippen molar-refractivity contribution >= 4 is 28.4 Å². The van der Waals surface area contributed by atoms with E-state index >= 15 is 0 Å². The molecular formula is C30H31N3O4. The summed E-state index contributed by atoms with van der Waals surface area (Å²) in [6, 6.07) is 23.1. The Labute approximate surface area is 216 Å². The zero-order chi connectivity index (χ0) is 25.6. The summed E-state index contributed by atoms with van der Waals surface area (Å²) in [5.41, 5.74) is 5.08. The molecule has 0 spiro atoms. The molecule has 0 radical (unpaired) electrons. The summed E-state index contributed by atoms with van der Waals surface area (Å²) in [5.74, 6) is 0.425. The Kier molecular flexibility index (Phi) is 7.51. The van der Waals surface area contributed by atoms with Gasteiger partial charge in [0, 0.05) is 36.2 Å². The Balaban J connectivity index is 1.29. The van der Waals surface area contributed by atoms with Crippen LogP contribution in [0.25, 0.3) is 22.2 Å². The minimum absolute atomic E-state index is 0.0572. The lowest BCUT2D eigenvalue weighted by molar-refractivity contribution is -0.116. The van der Waals surface area contributed by atoms with E-state index in [1.165, 1.54) is 0 Å². The molecule has 190 valence electrons. The van der Waals surface area contributed by atoms with Crippen molar-refractivity contribution in [2.75, 3.05) is 25.6 Å². The first kappa shape index (κ1) is 24.6. The second-order valence-corrected chi connectivity index (χ2v) is 9.19. The number of rotatable bonds is 9. The number of benzene rings is 3. The van der Waals surface area contributed by atoms with Gasteiger partial charge >= 0.3 is 0 Å². The summed E-state index contributed by atoms with van der Waals surface area (Å²) < 4.78 is 10.9. The number of anilines is 1. The van der Waals surface area contributed by atoms with Crippen molar-refractivity contribution in [2.45, 2.75) is 31.8 Å². The zero-order valence-corrected chi connectivity index (χ0v) is 20.9. The van der Waals surface area contributed by atoms with Gasteiger partial charge in [0.05, 0.1) is 24.5 Å². The average Bonchev–Trinajstić information content (AvgIpc) is 3.59. The highest BCUT2D eigenvalue weighted by Gasteiger charge is 2.19. The zero-order valence-electron chi connectivity index (χ0n) is 20.9. The molecule has 0 aliphatic carbocycles. The summed E-state index contributed by atoms with van der Waals surface area (Å²) in [5, 5.41) is 6.97. The Bertz CT molecular complexity index is 1390. The Morgan fingerprint density at radius 2 is 1.81 bits per heavy atom. The maximum absolute atomic E-state index is 13.0. The number of ether oxygens (including phenoxy) is 2. The van der Waals surface area contributed by atoms with E-state index in [1.807, 2.05) is 48.5 Å². The predicted octanol–water partition coefficient (Wildman–Crippen LogP) is 5.32. The third kappa shape index (κ3) is 5.67. The standard InChI is InChI=1S/C30H31N3O4/c1-36-21-14-12-20(13-15-21)29-24(23-8-2-4-10-26(23)33-29)16-17-28(34)32-27-11-5-3-9-25(27)30(35)31-19-22-7-6-18-37-22/h2-5,8-15,22,33H,6-7,16-19H2,1H3,(H,31,35)(H,32,34). The Hall–Kier alpha value is -4.10. The molecule has 1 aliphatic rings. The van der Waals surface area contributed by atoms with Gasteiger partial charge in [-0.15, -0.1) is 0 Å². The first-order chi connectivity index (χ1) is 18.1. The third-order valence-corrected chi connectivity index (χ3v) is 6.75. The summed E-state index contributed by atoms with van der Waals surface area (Å²) >= 11 is 0. The number of carbonyl (C=O) groups is 2. The summed E-state index contributed by atoms with van der Waals surface area (Å²) in [6.07, 6.45) is 2.85. The van der Waals surface area contributed by atoms with E-state index in [9.17, 15) is 9.59 Å². The molecule has 0 saturated carbocycles. The van der Waals surface area contributed by atoms with Crippen molar-refractivity contribution in [3.63, 3.8) is 0 Å². The minimum atomic E-state index is -0.218. The number of aromatic nitrogens is 1. The van der Waals surface area contributed by atoms with Crippen LogP contribution in [0.3, 0.4) is 0 Å². The molecule has 1 unspecified atom stereocenters. The van der Waals surface area contributed by atoms with Gasteiger partial charge in [-0.2, -0.15) is 0 Å². The smallest absolute Gasteiger partial charge is 0.253 e. The van der Waals surface area contributed by atoms with Gasteiger partial charge in [0.25, 0.3) is 5.91 Å².